The first-order valence-electron chi connectivity index (χ1n) is 3.99. The van der Waals surface area contributed by atoms with Gasteiger partial charge in [0.15, 0.2) is 0 Å². The third-order valence-corrected chi connectivity index (χ3v) is 1.79. The molecule has 0 bridgehead atoms. The zero-order valence-corrected chi connectivity index (χ0v) is 8.55. The van der Waals surface area contributed by atoms with E-state index < -0.39 is 11.3 Å². The van der Waals surface area contributed by atoms with Crippen molar-refractivity contribution in [2.45, 2.75) is 24.3 Å². The second kappa shape index (κ2) is 5.90. The molecule has 0 aliphatic carbocycles. The van der Waals surface area contributed by atoms with Gasteiger partial charge in [0.1, 0.15) is 5.82 Å². The van der Waals surface area contributed by atoms with Crippen LogP contribution in [-0.4, -0.2) is 5.51 Å². The number of halogens is 4. The van der Waals surface area contributed by atoms with Gasteiger partial charge in [-0.2, -0.15) is 13.2 Å². The van der Waals surface area contributed by atoms with Crippen molar-refractivity contribution in [1.29, 1.82) is 0 Å². The average molecular weight is 226 g/mol. The molecule has 0 heterocycles. The van der Waals surface area contributed by atoms with E-state index in [0.717, 1.165) is 24.3 Å². The molecule has 5 heteroatoms. The molecule has 0 aliphatic heterocycles. The van der Waals surface area contributed by atoms with Gasteiger partial charge in [0.05, 0.1) is 0 Å². The topological polar surface area (TPSA) is 0 Å². The lowest BCUT2D eigenvalue weighted by Crippen LogP contribution is -1.98. The minimum Gasteiger partial charge on any atom is -0.207 e. The molecule has 0 aliphatic rings. The molecule has 0 nitrogen and oxygen atoms in total. The van der Waals surface area contributed by atoms with Crippen molar-refractivity contribution in [1.82, 2.24) is 0 Å². The predicted molar refractivity (Wildman–Crippen MR) is 49.7 cm³/mol. The molecule has 0 N–H and O–H groups in total. The first-order chi connectivity index (χ1) is 6.47. The number of alkyl halides is 3. The monoisotopic (exact) mass is 226 g/mol. The van der Waals surface area contributed by atoms with Crippen LogP contribution in [0.3, 0.4) is 0 Å². The fourth-order valence-electron chi connectivity index (χ4n) is 0.636. The maximum Gasteiger partial charge on any atom is 0.446 e. The maximum absolute atomic E-state index is 12.2. The van der Waals surface area contributed by atoms with Gasteiger partial charge in [0.25, 0.3) is 0 Å². The quantitative estimate of drug-likeness (QED) is 0.503. The number of hydrogen-bond acceptors (Lipinski definition) is 1. The third kappa shape index (κ3) is 5.85. The summed E-state index contributed by atoms with van der Waals surface area (Å²) in [6, 6.07) is 4.17. The zero-order valence-electron chi connectivity index (χ0n) is 7.73. The summed E-state index contributed by atoms with van der Waals surface area (Å²) in [7, 11) is 0. The summed E-state index contributed by atoms with van der Waals surface area (Å²) >= 11 is -0.257. The van der Waals surface area contributed by atoms with Crippen LogP contribution in [0.5, 0.6) is 0 Å². The van der Waals surface area contributed by atoms with Crippen molar-refractivity contribution < 1.29 is 17.6 Å². The third-order valence-electron chi connectivity index (χ3n) is 1.05. The summed E-state index contributed by atoms with van der Waals surface area (Å²) in [6.45, 7) is 4.00. The van der Waals surface area contributed by atoms with Gasteiger partial charge in [-0.3, -0.25) is 0 Å². The Kier molecular flexibility index (Phi) is 5.60. The molecule has 0 aromatic heterocycles. The summed E-state index contributed by atoms with van der Waals surface area (Å²) < 4.78 is 47.4. The Morgan fingerprint density at radius 1 is 1.00 bits per heavy atom. The van der Waals surface area contributed by atoms with Gasteiger partial charge >= 0.3 is 5.51 Å². The fraction of sp³-hybridized carbons (Fsp3) is 0.333. The Morgan fingerprint density at radius 3 is 1.79 bits per heavy atom. The molecule has 0 saturated carbocycles. The minimum atomic E-state index is -4.31. The smallest absolute Gasteiger partial charge is 0.207 e. The normalized spacial score (nSPS) is 10.4. The van der Waals surface area contributed by atoms with Gasteiger partial charge in [-0.1, -0.05) is 13.8 Å². The zero-order chi connectivity index (χ0) is 11.2. The molecule has 0 radical (unpaired) electrons. The van der Waals surface area contributed by atoms with Crippen molar-refractivity contribution in [3.8, 4) is 0 Å². The lowest BCUT2D eigenvalue weighted by Gasteiger charge is -2.04. The lowest BCUT2D eigenvalue weighted by molar-refractivity contribution is -0.0328. The largest absolute Gasteiger partial charge is 0.446 e. The molecule has 0 fully saturated rings. The van der Waals surface area contributed by atoms with Crippen molar-refractivity contribution in [2.24, 2.45) is 0 Å². The van der Waals surface area contributed by atoms with E-state index in [9.17, 15) is 17.6 Å². The van der Waals surface area contributed by atoms with E-state index in [1.54, 1.807) is 0 Å². The van der Waals surface area contributed by atoms with Crippen LogP contribution in [0, 0.1) is 5.82 Å². The Balaban J connectivity index is 0.000000791. The van der Waals surface area contributed by atoms with Crippen LogP contribution in [0.2, 0.25) is 0 Å². The molecular weight excluding hydrogens is 216 g/mol. The molecule has 1 aromatic carbocycles. The van der Waals surface area contributed by atoms with Crippen LogP contribution in [0.4, 0.5) is 17.6 Å². The van der Waals surface area contributed by atoms with Gasteiger partial charge in [0.2, 0.25) is 0 Å². The predicted octanol–water partition coefficient (Wildman–Crippen LogP) is 4.46. The van der Waals surface area contributed by atoms with Crippen molar-refractivity contribution >= 4 is 11.8 Å². The number of hydrogen-bond donors (Lipinski definition) is 0. The molecule has 80 valence electrons. The highest BCUT2D eigenvalue weighted by molar-refractivity contribution is 8.00. The Morgan fingerprint density at radius 2 is 1.43 bits per heavy atom. The first kappa shape index (κ1) is 13.3. The van der Waals surface area contributed by atoms with E-state index >= 15 is 0 Å². The fourth-order valence-corrected chi connectivity index (χ4v) is 1.18. The molecule has 1 rings (SSSR count). The second-order valence-electron chi connectivity index (χ2n) is 2.00. The molecule has 14 heavy (non-hydrogen) atoms. The van der Waals surface area contributed by atoms with Gasteiger partial charge in [-0.15, -0.1) is 0 Å². The summed E-state index contributed by atoms with van der Waals surface area (Å²) in [5.41, 5.74) is -4.31. The lowest BCUT2D eigenvalue weighted by atomic mass is 10.4. The van der Waals surface area contributed by atoms with E-state index in [1.807, 2.05) is 13.8 Å². The summed E-state index contributed by atoms with van der Waals surface area (Å²) in [5.74, 6) is -0.540. The highest BCUT2D eigenvalue weighted by Gasteiger charge is 2.28. The van der Waals surface area contributed by atoms with Crippen molar-refractivity contribution in [3.05, 3.63) is 30.1 Å². The molecule has 1 aromatic rings. The molecular formula is C9H10F4S. The molecule has 0 amide bonds. The average Bonchev–Trinajstić information content (AvgIpc) is 2.10. The minimum absolute atomic E-state index is 0.0103. The van der Waals surface area contributed by atoms with Crippen LogP contribution in [0.15, 0.2) is 29.2 Å². The summed E-state index contributed by atoms with van der Waals surface area (Å²) in [6.07, 6.45) is 0. The van der Waals surface area contributed by atoms with Crippen LogP contribution < -0.4 is 0 Å². The van der Waals surface area contributed by atoms with Crippen LogP contribution >= 0.6 is 11.8 Å². The SMILES string of the molecule is CC.Fc1ccc(SC(F)(F)F)cc1. The van der Waals surface area contributed by atoms with E-state index in [0.29, 0.717) is 0 Å². The van der Waals surface area contributed by atoms with E-state index in [1.165, 1.54) is 0 Å². The van der Waals surface area contributed by atoms with Gasteiger partial charge < -0.3 is 0 Å². The summed E-state index contributed by atoms with van der Waals surface area (Å²) in [4.78, 5) is -0.0103. The molecule has 0 unspecified atom stereocenters. The van der Waals surface area contributed by atoms with E-state index in [-0.39, 0.29) is 16.7 Å². The Bertz CT molecular complexity index is 253. The second-order valence-corrected chi connectivity index (χ2v) is 3.14. The molecule has 0 atom stereocenters. The van der Waals surface area contributed by atoms with E-state index in [2.05, 4.69) is 0 Å². The first-order valence-corrected chi connectivity index (χ1v) is 4.80. The van der Waals surface area contributed by atoms with Crippen LogP contribution in [0.1, 0.15) is 13.8 Å². The van der Waals surface area contributed by atoms with Crippen LogP contribution in [-0.2, 0) is 0 Å². The standard InChI is InChI=1S/C7H4F4S.C2H6/c8-5-1-3-6(4-2-5)12-7(9,10)11;1-2/h1-4H;1-2H3. The highest BCUT2D eigenvalue weighted by atomic mass is 32.2. The van der Waals surface area contributed by atoms with Crippen molar-refractivity contribution in [2.75, 3.05) is 0 Å². The van der Waals surface area contributed by atoms with Gasteiger partial charge in [-0.25, -0.2) is 4.39 Å². The number of rotatable bonds is 1. The van der Waals surface area contributed by atoms with Gasteiger partial charge in [-0.05, 0) is 36.0 Å². The maximum atomic E-state index is 12.2. The summed E-state index contributed by atoms with van der Waals surface area (Å²) in [5, 5.41) is 0. The molecule has 0 saturated heterocycles. The highest BCUT2D eigenvalue weighted by Crippen LogP contribution is 2.36. The Hall–Kier alpha value is -0.710. The van der Waals surface area contributed by atoms with E-state index in [4.69, 9.17) is 0 Å². The molecule has 0 spiro atoms. The van der Waals surface area contributed by atoms with Crippen molar-refractivity contribution in [3.63, 3.8) is 0 Å². The Labute approximate surface area is 84.3 Å². The number of thioether (sulfide) groups is 1. The van der Waals surface area contributed by atoms with Gasteiger partial charge in [0, 0.05) is 4.90 Å². The number of benzene rings is 1. The van der Waals surface area contributed by atoms with Crippen LogP contribution in [0.25, 0.3) is 0 Å².